The van der Waals surface area contributed by atoms with E-state index in [1.807, 2.05) is 24.3 Å². The molecule has 1 amide bonds. The lowest BCUT2D eigenvalue weighted by Crippen LogP contribution is -2.48. The van der Waals surface area contributed by atoms with Crippen molar-refractivity contribution in [1.82, 2.24) is 0 Å². The van der Waals surface area contributed by atoms with Gasteiger partial charge in [-0.1, -0.05) is 42.8 Å². The number of ether oxygens (including phenoxy) is 1. The quantitative estimate of drug-likeness (QED) is 0.743. The van der Waals surface area contributed by atoms with Crippen LogP contribution in [0.2, 0.25) is 0 Å². The van der Waals surface area contributed by atoms with E-state index in [-0.39, 0.29) is 12.0 Å². The van der Waals surface area contributed by atoms with E-state index in [1.165, 1.54) is 4.31 Å². The number of hydrogen-bond acceptors (Lipinski definition) is 4. The molecular weight excluding hydrogens is 444 g/mol. The third kappa shape index (κ3) is 4.50. The highest BCUT2D eigenvalue weighted by molar-refractivity contribution is 9.10. The number of hydrogen-bond donors (Lipinski definition) is 1. The maximum absolute atomic E-state index is 12.7. The summed E-state index contributed by atoms with van der Waals surface area (Å²) in [5.41, 5.74) is 1.91. The molecule has 0 aromatic heterocycles. The van der Waals surface area contributed by atoms with Crippen molar-refractivity contribution in [2.75, 3.05) is 22.4 Å². The number of anilines is 2. The Labute approximate surface area is 174 Å². The van der Waals surface area contributed by atoms with E-state index in [9.17, 15) is 13.2 Å². The van der Waals surface area contributed by atoms with Crippen LogP contribution in [0.1, 0.15) is 26.3 Å². The van der Waals surface area contributed by atoms with E-state index in [2.05, 4.69) is 42.0 Å². The predicted octanol–water partition coefficient (Wildman–Crippen LogP) is 3.91. The summed E-state index contributed by atoms with van der Waals surface area (Å²) in [4.78, 5) is 12.7. The molecule has 1 aliphatic heterocycles. The summed E-state index contributed by atoms with van der Waals surface area (Å²) in [6.07, 6.45) is 0.182. The van der Waals surface area contributed by atoms with Gasteiger partial charge in [0, 0.05) is 10.2 Å². The predicted molar refractivity (Wildman–Crippen MR) is 115 cm³/mol. The van der Waals surface area contributed by atoms with Gasteiger partial charge in [0.15, 0.2) is 6.10 Å². The average Bonchev–Trinajstić information content (AvgIpc) is 2.60. The van der Waals surface area contributed by atoms with Gasteiger partial charge in [0.2, 0.25) is 10.0 Å². The van der Waals surface area contributed by atoms with Gasteiger partial charge in [-0.2, -0.15) is 0 Å². The molecule has 28 heavy (non-hydrogen) atoms. The first-order chi connectivity index (χ1) is 12.9. The zero-order valence-electron chi connectivity index (χ0n) is 16.2. The Kier molecular flexibility index (Phi) is 5.46. The SMILES string of the molecule is CC(C)(C)c1ccc2c(c1)N(S(C)(=O)=O)CC(C(=O)Nc1ccc(Br)cc1)O2. The fourth-order valence-corrected chi connectivity index (χ4v) is 4.09. The van der Waals surface area contributed by atoms with E-state index < -0.39 is 22.0 Å². The Hall–Kier alpha value is -2.06. The van der Waals surface area contributed by atoms with Crippen molar-refractivity contribution in [1.29, 1.82) is 0 Å². The third-order valence-corrected chi connectivity index (χ3v) is 6.17. The molecular formula is C20H23BrN2O4S. The summed E-state index contributed by atoms with van der Waals surface area (Å²) in [6, 6.07) is 12.6. The summed E-state index contributed by atoms with van der Waals surface area (Å²) >= 11 is 3.34. The van der Waals surface area contributed by atoms with Crippen LogP contribution in [-0.2, 0) is 20.2 Å². The number of rotatable bonds is 3. The molecule has 0 saturated carbocycles. The lowest BCUT2D eigenvalue weighted by molar-refractivity contribution is -0.122. The number of nitrogens with one attached hydrogen (secondary N) is 1. The van der Waals surface area contributed by atoms with Crippen LogP contribution in [0, 0.1) is 0 Å². The van der Waals surface area contributed by atoms with E-state index in [0.717, 1.165) is 16.3 Å². The summed E-state index contributed by atoms with van der Waals surface area (Å²) < 4.78 is 32.8. The Morgan fingerprint density at radius 2 is 1.82 bits per heavy atom. The van der Waals surface area contributed by atoms with Gasteiger partial charge in [-0.3, -0.25) is 9.10 Å². The number of amides is 1. The van der Waals surface area contributed by atoms with Gasteiger partial charge < -0.3 is 10.1 Å². The van der Waals surface area contributed by atoms with Crippen LogP contribution in [0.5, 0.6) is 5.75 Å². The average molecular weight is 467 g/mol. The third-order valence-electron chi connectivity index (χ3n) is 4.50. The molecule has 1 unspecified atom stereocenters. The molecule has 2 aromatic rings. The molecule has 0 aliphatic carbocycles. The van der Waals surface area contributed by atoms with Gasteiger partial charge >= 0.3 is 0 Å². The minimum Gasteiger partial charge on any atom is -0.476 e. The summed E-state index contributed by atoms with van der Waals surface area (Å²) in [5, 5.41) is 2.77. The first kappa shape index (κ1) is 20.7. The van der Waals surface area contributed by atoms with Crippen molar-refractivity contribution in [3.63, 3.8) is 0 Å². The van der Waals surface area contributed by atoms with Crippen molar-refractivity contribution in [2.24, 2.45) is 0 Å². The molecule has 0 spiro atoms. The van der Waals surface area contributed by atoms with Crippen molar-refractivity contribution in [3.8, 4) is 5.75 Å². The van der Waals surface area contributed by atoms with Crippen LogP contribution in [0.4, 0.5) is 11.4 Å². The van der Waals surface area contributed by atoms with Crippen molar-refractivity contribution >= 4 is 43.2 Å². The van der Waals surface area contributed by atoms with Crippen molar-refractivity contribution in [2.45, 2.75) is 32.3 Å². The smallest absolute Gasteiger partial charge is 0.267 e. The summed E-state index contributed by atoms with van der Waals surface area (Å²) in [6.45, 7) is 6.08. The van der Waals surface area contributed by atoms with Crippen LogP contribution >= 0.6 is 15.9 Å². The number of carbonyl (C=O) groups excluding carboxylic acids is 1. The minimum atomic E-state index is -3.58. The number of fused-ring (bicyclic) bond motifs is 1. The molecule has 2 aromatic carbocycles. The van der Waals surface area contributed by atoms with E-state index in [4.69, 9.17) is 4.74 Å². The maximum atomic E-state index is 12.7. The fourth-order valence-electron chi connectivity index (χ4n) is 2.92. The van der Waals surface area contributed by atoms with Gasteiger partial charge in [-0.15, -0.1) is 0 Å². The first-order valence-electron chi connectivity index (χ1n) is 8.80. The van der Waals surface area contributed by atoms with Gasteiger partial charge in [0.25, 0.3) is 5.91 Å². The minimum absolute atomic E-state index is 0.0816. The molecule has 0 fully saturated rings. The molecule has 0 radical (unpaired) electrons. The van der Waals surface area contributed by atoms with Gasteiger partial charge in [-0.05, 0) is 47.4 Å². The normalized spacial score (nSPS) is 16.9. The summed E-state index contributed by atoms with van der Waals surface area (Å²) in [7, 11) is -3.58. The molecule has 0 saturated heterocycles. The van der Waals surface area contributed by atoms with Crippen LogP contribution < -0.4 is 14.4 Å². The second-order valence-corrected chi connectivity index (χ2v) is 10.7. The van der Waals surface area contributed by atoms with Gasteiger partial charge in [0.05, 0.1) is 18.5 Å². The molecule has 1 heterocycles. The molecule has 1 atom stereocenters. The number of halogens is 1. The second-order valence-electron chi connectivity index (χ2n) is 7.83. The molecule has 1 N–H and O–H groups in total. The Morgan fingerprint density at radius 3 is 2.39 bits per heavy atom. The molecule has 6 nitrogen and oxygen atoms in total. The first-order valence-corrected chi connectivity index (χ1v) is 11.4. The Bertz CT molecular complexity index is 998. The zero-order valence-corrected chi connectivity index (χ0v) is 18.6. The van der Waals surface area contributed by atoms with E-state index in [1.54, 1.807) is 18.2 Å². The van der Waals surface area contributed by atoms with Crippen LogP contribution in [0.25, 0.3) is 0 Å². The lowest BCUT2D eigenvalue weighted by Gasteiger charge is -2.35. The van der Waals surface area contributed by atoms with Gasteiger partial charge in [-0.25, -0.2) is 8.42 Å². The molecule has 1 aliphatic rings. The number of benzene rings is 2. The Balaban J connectivity index is 1.92. The van der Waals surface area contributed by atoms with Crippen LogP contribution in [-0.4, -0.2) is 33.2 Å². The second kappa shape index (κ2) is 7.40. The van der Waals surface area contributed by atoms with E-state index in [0.29, 0.717) is 17.1 Å². The molecule has 3 rings (SSSR count). The van der Waals surface area contributed by atoms with Crippen molar-refractivity contribution in [3.05, 3.63) is 52.5 Å². The largest absolute Gasteiger partial charge is 0.476 e. The van der Waals surface area contributed by atoms with Crippen molar-refractivity contribution < 1.29 is 17.9 Å². The van der Waals surface area contributed by atoms with Crippen LogP contribution in [0.15, 0.2) is 46.9 Å². The lowest BCUT2D eigenvalue weighted by atomic mass is 9.86. The molecule has 150 valence electrons. The topological polar surface area (TPSA) is 75.7 Å². The van der Waals surface area contributed by atoms with Crippen LogP contribution in [0.3, 0.4) is 0 Å². The molecule has 8 heteroatoms. The monoisotopic (exact) mass is 466 g/mol. The Morgan fingerprint density at radius 1 is 1.18 bits per heavy atom. The standard InChI is InChI=1S/C20H23BrN2O4S/c1-20(2,3)13-5-10-17-16(11-13)23(28(4,25)26)12-18(27-17)19(24)22-15-8-6-14(21)7-9-15/h5-11,18H,12H2,1-4H3,(H,22,24). The number of nitrogens with zero attached hydrogens (tertiary/aromatic N) is 1. The molecule has 0 bridgehead atoms. The number of carbonyl (C=O) groups is 1. The number of sulfonamides is 1. The fraction of sp³-hybridized carbons (Fsp3) is 0.350. The highest BCUT2D eigenvalue weighted by Crippen LogP contribution is 2.38. The maximum Gasteiger partial charge on any atom is 0.267 e. The highest BCUT2D eigenvalue weighted by Gasteiger charge is 2.35. The van der Waals surface area contributed by atoms with Gasteiger partial charge in [0.1, 0.15) is 5.75 Å². The van der Waals surface area contributed by atoms with E-state index >= 15 is 0 Å². The summed E-state index contributed by atoms with van der Waals surface area (Å²) in [5.74, 6) is -0.0258. The zero-order chi connectivity index (χ0) is 20.7. The highest BCUT2D eigenvalue weighted by atomic mass is 79.9.